The summed E-state index contributed by atoms with van der Waals surface area (Å²) in [6.45, 7) is 3.06. The number of fused-ring (bicyclic) bond motifs is 2. The summed E-state index contributed by atoms with van der Waals surface area (Å²) in [6.07, 6.45) is 2.40. The van der Waals surface area contributed by atoms with Gasteiger partial charge in [0.2, 0.25) is 0 Å². The number of ether oxygens (including phenoxy) is 2. The number of carboxylic acids is 1. The molecule has 2 aliphatic heterocycles. The number of nitrogens with one attached hydrogen (secondary N) is 1. The van der Waals surface area contributed by atoms with Crippen LogP contribution in [0.2, 0.25) is 0 Å². The SMILES string of the molecule is Cc1cc(-n2c(C3CCOCC3)c([C@@H]3CO[C@@H](C(=O)O)C3)c3c(F)c4[nH]ncc4cc32)ccc1F. The Bertz CT molecular complexity index is 1450. The van der Waals surface area contributed by atoms with E-state index in [-0.39, 0.29) is 30.7 Å². The summed E-state index contributed by atoms with van der Waals surface area (Å²) in [5.74, 6) is -1.98. The van der Waals surface area contributed by atoms with E-state index in [0.29, 0.717) is 40.6 Å². The maximum Gasteiger partial charge on any atom is 0.332 e. The van der Waals surface area contributed by atoms with Crippen LogP contribution in [0.1, 0.15) is 47.9 Å². The van der Waals surface area contributed by atoms with Gasteiger partial charge in [0, 0.05) is 47.2 Å². The highest BCUT2D eigenvalue weighted by molar-refractivity contribution is 6.00. The lowest BCUT2D eigenvalue weighted by molar-refractivity contribution is -0.147. The fourth-order valence-electron chi connectivity index (χ4n) is 5.68. The molecule has 2 N–H and O–H groups in total. The van der Waals surface area contributed by atoms with E-state index in [0.717, 1.165) is 29.8 Å². The molecule has 7 nitrogen and oxygen atoms in total. The molecule has 2 fully saturated rings. The normalized spacial score (nSPS) is 21.3. The summed E-state index contributed by atoms with van der Waals surface area (Å²) >= 11 is 0. The van der Waals surface area contributed by atoms with Crippen LogP contribution in [0.3, 0.4) is 0 Å². The van der Waals surface area contributed by atoms with Crippen molar-refractivity contribution in [2.75, 3.05) is 19.8 Å². The van der Waals surface area contributed by atoms with Crippen LogP contribution < -0.4 is 0 Å². The molecule has 182 valence electrons. The second kappa shape index (κ2) is 8.42. The number of aromatic nitrogens is 3. The van der Waals surface area contributed by atoms with E-state index in [1.165, 1.54) is 6.07 Å². The minimum Gasteiger partial charge on any atom is -0.479 e. The summed E-state index contributed by atoms with van der Waals surface area (Å²) in [5, 5.41) is 17.4. The van der Waals surface area contributed by atoms with Gasteiger partial charge in [-0.1, -0.05) is 0 Å². The van der Waals surface area contributed by atoms with Gasteiger partial charge in [0.1, 0.15) is 11.3 Å². The maximum atomic E-state index is 16.2. The molecule has 0 saturated carbocycles. The molecule has 4 aromatic rings. The van der Waals surface area contributed by atoms with Crippen molar-refractivity contribution in [1.29, 1.82) is 0 Å². The number of aryl methyl sites for hydroxylation is 1. The van der Waals surface area contributed by atoms with Crippen molar-refractivity contribution in [1.82, 2.24) is 14.8 Å². The first-order valence-corrected chi connectivity index (χ1v) is 11.8. The van der Waals surface area contributed by atoms with Crippen molar-refractivity contribution in [2.24, 2.45) is 0 Å². The average molecular weight is 481 g/mol. The summed E-state index contributed by atoms with van der Waals surface area (Å²) in [5.41, 5.74) is 3.87. The maximum absolute atomic E-state index is 16.2. The molecule has 0 amide bonds. The van der Waals surface area contributed by atoms with Gasteiger partial charge in [0.15, 0.2) is 11.9 Å². The fourth-order valence-corrected chi connectivity index (χ4v) is 5.68. The van der Waals surface area contributed by atoms with Crippen LogP contribution in [0, 0.1) is 18.6 Å². The van der Waals surface area contributed by atoms with Gasteiger partial charge in [-0.05, 0) is 61.6 Å². The molecular weight excluding hydrogens is 456 g/mol. The van der Waals surface area contributed by atoms with Crippen LogP contribution in [0.15, 0.2) is 30.5 Å². The van der Waals surface area contributed by atoms with E-state index >= 15 is 4.39 Å². The number of rotatable bonds is 4. The third-order valence-corrected chi connectivity index (χ3v) is 7.37. The zero-order chi connectivity index (χ0) is 24.3. The molecule has 0 aliphatic carbocycles. The first kappa shape index (κ1) is 22.2. The highest BCUT2D eigenvalue weighted by Gasteiger charge is 2.38. The zero-order valence-corrected chi connectivity index (χ0v) is 19.2. The molecular formula is C26H25F2N3O4. The van der Waals surface area contributed by atoms with Crippen LogP contribution in [0.4, 0.5) is 8.78 Å². The van der Waals surface area contributed by atoms with E-state index in [1.54, 1.807) is 25.3 Å². The summed E-state index contributed by atoms with van der Waals surface area (Å²) in [7, 11) is 0. The number of hydrogen-bond donors (Lipinski definition) is 2. The third-order valence-electron chi connectivity index (χ3n) is 7.37. The Kier molecular flexibility index (Phi) is 5.34. The molecule has 6 rings (SSSR count). The molecule has 0 bridgehead atoms. The number of H-pyrrole nitrogens is 1. The number of nitrogens with zero attached hydrogens (tertiary/aromatic N) is 2. The minimum atomic E-state index is -1.02. The Morgan fingerprint density at radius 2 is 2.00 bits per heavy atom. The topological polar surface area (TPSA) is 89.4 Å². The van der Waals surface area contributed by atoms with Crippen molar-refractivity contribution in [2.45, 2.75) is 44.1 Å². The van der Waals surface area contributed by atoms with Crippen LogP contribution in [-0.2, 0) is 14.3 Å². The highest BCUT2D eigenvalue weighted by atomic mass is 19.1. The van der Waals surface area contributed by atoms with E-state index in [9.17, 15) is 14.3 Å². The Hall–Kier alpha value is -3.30. The van der Waals surface area contributed by atoms with E-state index in [4.69, 9.17) is 9.47 Å². The monoisotopic (exact) mass is 481 g/mol. The smallest absolute Gasteiger partial charge is 0.332 e. The Balaban J connectivity index is 1.70. The summed E-state index contributed by atoms with van der Waals surface area (Å²) in [6, 6.07) is 6.80. The molecule has 2 aromatic carbocycles. The Labute approximate surface area is 199 Å². The van der Waals surface area contributed by atoms with Crippen molar-refractivity contribution in [3.05, 3.63) is 58.9 Å². The molecule has 35 heavy (non-hydrogen) atoms. The highest BCUT2D eigenvalue weighted by Crippen LogP contribution is 2.46. The molecule has 2 saturated heterocycles. The first-order chi connectivity index (χ1) is 16.9. The molecule has 0 unspecified atom stereocenters. The van der Waals surface area contributed by atoms with Gasteiger partial charge in [-0.25, -0.2) is 13.6 Å². The fraction of sp³-hybridized carbons (Fsp3) is 0.385. The Morgan fingerprint density at radius 3 is 2.71 bits per heavy atom. The third kappa shape index (κ3) is 3.52. The van der Waals surface area contributed by atoms with Crippen molar-refractivity contribution in [3.8, 4) is 5.69 Å². The average Bonchev–Trinajstić information content (AvgIpc) is 3.59. The van der Waals surface area contributed by atoms with Crippen molar-refractivity contribution in [3.63, 3.8) is 0 Å². The Morgan fingerprint density at radius 1 is 1.20 bits per heavy atom. The van der Waals surface area contributed by atoms with Crippen molar-refractivity contribution >= 4 is 27.8 Å². The van der Waals surface area contributed by atoms with Crippen molar-refractivity contribution < 1.29 is 28.2 Å². The number of hydrogen-bond acceptors (Lipinski definition) is 4. The van der Waals surface area contributed by atoms with E-state index < -0.39 is 17.9 Å². The minimum absolute atomic E-state index is 0.0660. The van der Waals surface area contributed by atoms with E-state index in [1.807, 2.05) is 10.6 Å². The lowest BCUT2D eigenvalue weighted by Gasteiger charge is -2.27. The number of carboxylic acid groups (broad SMARTS) is 1. The number of aromatic amines is 1. The largest absolute Gasteiger partial charge is 0.479 e. The van der Waals surface area contributed by atoms with Gasteiger partial charge in [0.05, 0.1) is 18.3 Å². The van der Waals surface area contributed by atoms with Crippen LogP contribution >= 0.6 is 0 Å². The molecule has 9 heteroatoms. The summed E-state index contributed by atoms with van der Waals surface area (Å²) in [4.78, 5) is 11.7. The number of halogens is 2. The lowest BCUT2D eigenvalue weighted by Crippen LogP contribution is -2.20. The van der Waals surface area contributed by atoms with Crippen LogP contribution in [-0.4, -0.2) is 51.8 Å². The quantitative estimate of drug-likeness (QED) is 0.431. The second-order valence-corrected chi connectivity index (χ2v) is 9.47. The number of carbonyl (C=O) groups is 1. The van der Waals surface area contributed by atoms with Gasteiger partial charge in [0.25, 0.3) is 0 Å². The zero-order valence-electron chi connectivity index (χ0n) is 19.2. The van der Waals surface area contributed by atoms with Crippen LogP contribution in [0.5, 0.6) is 0 Å². The first-order valence-electron chi connectivity index (χ1n) is 11.8. The summed E-state index contributed by atoms with van der Waals surface area (Å²) < 4.78 is 43.6. The van der Waals surface area contributed by atoms with Gasteiger partial charge >= 0.3 is 5.97 Å². The molecule has 0 spiro atoms. The van der Waals surface area contributed by atoms with Gasteiger partial charge in [-0.2, -0.15) is 5.10 Å². The molecule has 4 heterocycles. The predicted octanol–water partition coefficient (Wildman–Crippen LogP) is 4.94. The van der Waals surface area contributed by atoms with Gasteiger partial charge in [-0.15, -0.1) is 0 Å². The van der Waals surface area contributed by atoms with Gasteiger partial charge < -0.3 is 19.1 Å². The number of benzene rings is 2. The standard InChI is InChI=1S/C26H25F2N3O4/c1-13-8-17(2-3-18(13)27)31-19-9-15-11-29-30-24(15)23(28)22(19)21(16-10-20(26(32)33)35-12-16)25(31)14-4-6-34-7-5-14/h2-3,8-9,11,14,16,20H,4-7,10,12H2,1H3,(H,29,30)(H,32,33)/t16-,20+/m0/s1. The molecule has 0 radical (unpaired) electrons. The second-order valence-electron chi connectivity index (χ2n) is 9.47. The predicted molar refractivity (Wildman–Crippen MR) is 125 cm³/mol. The molecule has 2 aliphatic rings. The number of aliphatic carboxylic acids is 1. The molecule has 2 atom stereocenters. The van der Waals surface area contributed by atoms with Crippen LogP contribution in [0.25, 0.3) is 27.5 Å². The van der Waals surface area contributed by atoms with E-state index in [2.05, 4.69) is 10.2 Å². The molecule has 2 aromatic heterocycles. The lowest BCUT2D eigenvalue weighted by atomic mass is 9.86. The van der Waals surface area contributed by atoms with Gasteiger partial charge in [-0.3, -0.25) is 5.10 Å².